The van der Waals surface area contributed by atoms with Gasteiger partial charge in [-0.1, -0.05) is 12.1 Å². The number of hydrogen-bond donors (Lipinski definition) is 1. The van der Waals surface area contributed by atoms with E-state index in [4.69, 9.17) is 4.74 Å². The lowest BCUT2D eigenvalue weighted by Gasteiger charge is -2.11. The van der Waals surface area contributed by atoms with E-state index in [0.29, 0.717) is 11.3 Å². The fourth-order valence-electron chi connectivity index (χ4n) is 1.72. The Labute approximate surface area is 113 Å². The first-order chi connectivity index (χ1) is 9.40. The molecule has 0 radical (unpaired) electrons. The summed E-state index contributed by atoms with van der Waals surface area (Å²) >= 11 is 0. The fraction of sp³-hybridized carbons (Fsp3) is 0.308. The molecule has 20 heavy (non-hydrogen) atoms. The molecule has 4 nitrogen and oxygen atoms in total. The predicted molar refractivity (Wildman–Crippen MR) is 65.2 cm³/mol. The van der Waals surface area contributed by atoms with Crippen LogP contribution in [0.5, 0.6) is 5.75 Å². The van der Waals surface area contributed by atoms with Crippen molar-refractivity contribution in [1.29, 1.82) is 0 Å². The summed E-state index contributed by atoms with van der Waals surface area (Å²) < 4.78 is 43.2. The molecule has 0 aliphatic carbocycles. The van der Waals surface area contributed by atoms with Gasteiger partial charge in [0.05, 0.1) is 19.8 Å². The van der Waals surface area contributed by atoms with Crippen LogP contribution in [-0.4, -0.2) is 22.0 Å². The zero-order valence-electron chi connectivity index (χ0n) is 10.6. The Morgan fingerprint density at radius 1 is 1.25 bits per heavy atom. The first-order valence-corrected chi connectivity index (χ1v) is 5.83. The summed E-state index contributed by atoms with van der Waals surface area (Å²) in [7, 11) is 1.52. The van der Waals surface area contributed by atoms with Crippen molar-refractivity contribution in [3.05, 3.63) is 47.8 Å². The Morgan fingerprint density at radius 3 is 2.40 bits per heavy atom. The smallest absolute Gasteiger partial charge is 0.435 e. The third kappa shape index (κ3) is 3.30. The highest BCUT2D eigenvalue weighted by Gasteiger charge is 2.33. The zero-order chi connectivity index (χ0) is 14.8. The van der Waals surface area contributed by atoms with Crippen molar-refractivity contribution < 1.29 is 23.0 Å². The first kappa shape index (κ1) is 14.4. The van der Waals surface area contributed by atoms with E-state index in [2.05, 4.69) is 5.10 Å². The molecule has 1 heterocycles. The summed E-state index contributed by atoms with van der Waals surface area (Å²) in [6.45, 7) is -0.0532. The largest absolute Gasteiger partial charge is 0.497 e. The molecule has 0 amide bonds. The van der Waals surface area contributed by atoms with Gasteiger partial charge in [-0.15, -0.1) is 0 Å². The van der Waals surface area contributed by atoms with Crippen LogP contribution in [0.3, 0.4) is 0 Å². The molecular weight excluding hydrogens is 273 g/mol. The van der Waals surface area contributed by atoms with E-state index >= 15 is 0 Å². The molecule has 1 N–H and O–H groups in total. The molecule has 0 aliphatic rings. The number of aliphatic hydroxyl groups excluding tert-OH is 1. The van der Waals surface area contributed by atoms with Crippen LogP contribution in [-0.2, 0) is 12.7 Å². The lowest BCUT2D eigenvalue weighted by molar-refractivity contribution is -0.141. The number of benzene rings is 1. The maximum Gasteiger partial charge on any atom is 0.435 e. The second-order valence-corrected chi connectivity index (χ2v) is 4.21. The fourth-order valence-corrected chi connectivity index (χ4v) is 1.72. The van der Waals surface area contributed by atoms with Gasteiger partial charge in [-0.3, -0.25) is 4.68 Å². The van der Waals surface area contributed by atoms with Crippen LogP contribution >= 0.6 is 0 Å². The number of methoxy groups -OCH3 is 1. The van der Waals surface area contributed by atoms with Crippen LogP contribution in [0.4, 0.5) is 13.2 Å². The number of aromatic nitrogens is 2. The van der Waals surface area contributed by atoms with Gasteiger partial charge in [-0.05, 0) is 23.8 Å². The lowest BCUT2D eigenvalue weighted by Crippen LogP contribution is -2.12. The molecule has 2 aromatic rings. The number of ether oxygens (including phenoxy) is 1. The molecule has 0 aliphatic heterocycles. The number of rotatable bonds is 4. The average molecular weight is 286 g/mol. The van der Waals surface area contributed by atoms with Crippen LogP contribution in [0.25, 0.3) is 0 Å². The molecule has 0 saturated heterocycles. The van der Waals surface area contributed by atoms with Crippen LogP contribution in [0.1, 0.15) is 17.4 Å². The number of hydrogen-bond acceptors (Lipinski definition) is 3. The van der Waals surface area contributed by atoms with Gasteiger partial charge in [-0.2, -0.15) is 18.3 Å². The second-order valence-electron chi connectivity index (χ2n) is 4.21. The van der Waals surface area contributed by atoms with Crippen molar-refractivity contribution in [3.8, 4) is 5.75 Å². The summed E-state index contributed by atoms with van der Waals surface area (Å²) in [5, 5.41) is 13.4. The van der Waals surface area contributed by atoms with E-state index in [9.17, 15) is 18.3 Å². The molecule has 108 valence electrons. The second kappa shape index (κ2) is 5.54. The van der Waals surface area contributed by atoms with Gasteiger partial charge in [0.25, 0.3) is 0 Å². The topological polar surface area (TPSA) is 47.3 Å². The number of alkyl halides is 3. The van der Waals surface area contributed by atoms with E-state index in [0.717, 1.165) is 10.7 Å². The molecule has 7 heteroatoms. The van der Waals surface area contributed by atoms with Gasteiger partial charge in [-0.25, -0.2) is 0 Å². The summed E-state index contributed by atoms with van der Waals surface area (Å²) in [4.78, 5) is 0. The Bertz CT molecular complexity index is 564. The Hall–Kier alpha value is -2.02. The predicted octanol–water partition coefficient (Wildman–Crippen LogP) is 2.64. The van der Waals surface area contributed by atoms with Gasteiger partial charge >= 0.3 is 6.18 Å². The maximum absolute atomic E-state index is 12.4. The number of nitrogens with zero attached hydrogens (tertiary/aromatic N) is 2. The Kier molecular flexibility index (Phi) is 3.99. The lowest BCUT2D eigenvalue weighted by atomic mass is 10.1. The first-order valence-electron chi connectivity index (χ1n) is 5.83. The molecule has 0 fully saturated rings. The Balaban J connectivity index is 2.07. The summed E-state index contributed by atoms with van der Waals surface area (Å²) in [6, 6.07) is 7.52. The third-order valence-corrected chi connectivity index (χ3v) is 2.79. The summed E-state index contributed by atoms with van der Waals surface area (Å²) in [6.07, 6.45) is -4.23. The van der Waals surface area contributed by atoms with Crippen LogP contribution in [0.15, 0.2) is 36.5 Å². The van der Waals surface area contributed by atoms with Crippen molar-refractivity contribution in [2.75, 3.05) is 7.11 Å². The minimum Gasteiger partial charge on any atom is -0.497 e. The van der Waals surface area contributed by atoms with Crippen molar-refractivity contribution in [2.24, 2.45) is 0 Å². The highest BCUT2D eigenvalue weighted by atomic mass is 19.4. The van der Waals surface area contributed by atoms with Crippen LogP contribution in [0.2, 0.25) is 0 Å². The minimum absolute atomic E-state index is 0.0532. The van der Waals surface area contributed by atoms with Crippen molar-refractivity contribution >= 4 is 0 Å². The van der Waals surface area contributed by atoms with E-state index < -0.39 is 18.0 Å². The van der Waals surface area contributed by atoms with Crippen molar-refractivity contribution in [2.45, 2.75) is 18.8 Å². The van der Waals surface area contributed by atoms with Gasteiger partial charge in [0.1, 0.15) is 5.75 Å². The number of halogens is 3. The van der Waals surface area contributed by atoms with E-state index in [1.54, 1.807) is 24.3 Å². The molecule has 0 spiro atoms. The number of aliphatic hydroxyl groups is 1. The van der Waals surface area contributed by atoms with E-state index in [1.807, 2.05) is 0 Å². The maximum atomic E-state index is 12.4. The van der Waals surface area contributed by atoms with Gasteiger partial charge < -0.3 is 9.84 Å². The highest BCUT2D eigenvalue weighted by Crippen LogP contribution is 2.27. The van der Waals surface area contributed by atoms with Crippen molar-refractivity contribution in [3.63, 3.8) is 0 Å². The molecule has 0 saturated carbocycles. The standard InChI is InChI=1S/C13H13F3N2O2/c1-20-10-4-2-9(3-5-10)11(19)8-18-7-6-12(17-18)13(14,15)16/h2-7,11,19H,8H2,1H3. The summed E-state index contributed by atoms with van der Waals surface area (Å²) in [5.41, 5.74) is -0.394. The molecule has 1 unspecified atom stereocenters. The SMILES string of the molecule is COc1ccc(C(O)Cn2ccc(C(F)(F)F)n2)cc1. The molecule has 1 aromatic carbocycles. The molecule has 1 atom stereocenters. The molecule has 1 aromatic heterocycles. The molecule has 0 bridgehead atoms. The zero-order valence-corrected chi connectivity index (χ0v) is 10.6. The third-order valence-electron chi connectivity index (χ3n) is 2.79. The van der Waals surface area contributed by atoms with E-state index in [-0.39, 0.29) is 6.54 Å². The van der Waals surface area contributed by atoms with E-state index in [1.165, 1.54) is 13.3 Å². The average Bonchev–Trinajstić information content (AvgIpc) is 2.87. The van der Waals surface area contributed by atoms with Crippen LogP contribution in [0, 0.1) is 0 Å². The summed E-state index contributed by atoms with van der Waals surface area (Å²) in [5.74, 6) is 0.638. The molecule has 2 rings (SSSR count). The monoisotopic (exact) mass is 286 g/mol. The quantitative estimate of drug-likeness (QED) is 0.940. The van der Waals surface area contributed by atoms with Gasteiger partial charge in [0.2, 0.25) is 0 Å². The van der Waals surface area contributed by atoms with Gasteiger partial charge in [0.15, 0.2) is 5.69 Å². The van der Waals surface area contributed by atoms with Crippen molar-refractivity contribution in [1.82, 2.24) is 9.78 Å². The molecular formula is C13H13F3N2O2. The Morgan fingerprint density at radius 2 is 1.90 bits per heavy atom. The van der Waals surface area contributed by atoms with Gasteiger partial charge in [0, 0.05) is 6.20 Å². The minimum atomic E-state index is -4.48. The van der Waals surface area contributed by atoms with Crippen LogP contribution < -0.4 is 4.74 Å². The highest BCUT2D eigenvalue weighted by molar-refractivity contribution is 5.28. The normalized spacial score (nSPS) is 13.2.